The van der Waals surface area contributed by atoms with Crippen LogP contribution in [0.3, 0.4) is 0 Å². The summed E-state index contributed by atoms with van der Waals surface area (Å²) in [6, 6.07) is 0.323. The van der Waals surface area contributed by atoms with Gasteiger partial charge in [-0.1, -0.05) is 25.2 Å². The smallest absolute Gasteiger partial charge is 0.159 e. The molecule has 0 aliphatic carbocycles. The van der Waals surface area contributed by atoms with Crippen molar-refractivity contribution in [2.24, 2.45) is 0 Å². The lowest BCUT2D eigenvalue weighted by atomic mass is 10.2. The Labute approximate surface area is 103 Å². The summed E-state index contributed by atoms with van der Waals surface area (Å²) in [5.41, 5.74) is 1.82. The molecule has 0 spiro atoms. The van der Waals surface area contributed by atoms with Crippen molar-refractivity contribution in [2.75, 3.05) is 6.54 Å². The Kier molecular flexibility index (Phi) is 3.98. The fourth-order valence-corrected chi connectivity index (χ4v) is 3.12. The zero-order valence-corrected chi connectivity index (χ0v) is 10.9. The molecule has 86 valence electrons. The van der Waals surface area contributed by atoms with Crippen LogP contribution in [0, 0.1) is 0 Å². The third-order valence-corrected chi connectivity index (χ3v) is 4.22. The lowest BCUT2D eigenvalue weighted by molar-refractivity contribution is 0.531. The van der Waals surface area contributed by atoms with Gasteiger partial charge in [0.1, 0.15) is 5.01 Å². The van der Waals surface area contributed by atoms with E-state index >= 15 is 0 Å². The molecule has 0 amide bonds. The number of hydrogen-bond donors (Lipinski definition) is 1. The second-order valence-electron chi connectivity index (χ2n) is 3.33. The van der Waals surface area contributed by atoms with Gasteiger partial charge in [-0.3, -0.25) is 4.98 Å². The monoisotopic (exact) mass is 254 g/mol. The molecule has 1 unspecified atom stereocenters. The summed E-state index contributed by atoms with van der Waals surface area (Å²) in [5, 5.41) is 13.9. The summed E-state index contributed by atoms with van der Waals surface area (Å²) in [7, 11) is 0. The Hall–Kier alpha value is -0.850. The van der Waals surface area contributed by atoms with E-state index in [9.17, 15) is 0 Å². The molecular weight excluding hydrogens is 240 g/mol. The minimum absolute atomic E-state index is 0.323. The van der Waals surface area contributed by atoms with Crippen LogP contribution in [-0.2, 0) is 0 Å². The van der Waals surface area contributed by atoms with E-state index in [-0.39, 0.29) is 0 Å². The third kappa shape index (κ3) is 2.45. The zero-order chi connectivity index (χ0) is 11.4. The molecule has 4 nitrogen and oxygen atoms in total. The molecular formula is C10H14N4S2. The Morgan fingerprint density at radius 3 is 2.88 bits per heavy atom. The van der Waals surface area contributed by atoms with Crippen molar-refractivity contribution in [3.05, 3.63) is 16.7 Å². The lowest BCUT2D eigenvalue weighted by Crippen LogP contribution is -2.19. The van der Waals surface area contributed by atoms with Crippen molar-refractivity contribution in [1.82, 2.24) is 20.5 Å². The molecule has 1 atom stereocenters. The van der Waals surface area contributed by atoms with Crippen molar-refractivity contribution in [1.29, 1.82) is 0 Å². The first-order valence-corrected chi connectivity index (χ1v) is 7.00. The number of thiazole rings is 1. The van der Waals surface area contributed by atoms with Gasteiger partial charge < -0.3 is 5.32 Å². The van der Waals surface area contributed by atoms with Gasteiger partial charge in [-0.2, -0.15) is 0 Å². The Morgan fingerprint density at radius 1 is 1.38 bits per heavy atom. The van der Waals surface area contributed by atoms with Crippen LogP contribution < -0.4 is 5.32 Å². The molecule has 0 aliphatic heterocycles. The van der Waals surface area contributed by atoms with Gasteiger partial charge in [0.05, 0.1) is 16.4 Å². The van der Waals surface area contributed by atoms with Crippen LogP contribution in [0.25, 0.3) is 9.88 Å². The molecule has 2 rings (SSSR count). The first kappa shape index (κ1) is 11.6. The summed E-state index contributed by atoms with van der Waals surface area (Å²) in [5.74, 6) is 0. The lowest BCUT2D eigenvalue weighted by Gasteiger charge is -2.10. The Morgan fingerprint density at radius 2 is 2.25 bits per heavy atom. The maximum absolute atomic E-state index is 4.25. The van der Waals surface area contributed by atoms with E-state index in [2.05, 4.69) is 34.3 Å². The maximum atomic E-state index is 4.25. The highest BCUT2D eigenvalue weighted by Gasteiger charge is 2.15. The molecule has 2 aromatic heterocycles. The first-order chi connectivity index (χ1) is 7.85. The molecule has 2 heterocycles. The predicted octanol–water partition coefficient (Wildman–Crippen LogP) is 2.72. The Balaban J connectivity index is 2.18. The second kappa shape index (κ2) is 5.47. The Bertz CT molecular complexity index is 424. The van der Waals surface area contributed by atoms with Gasteiger partial charge in [0.15, 0.2) is 5.01 Å². The van der Waals surface area contributed by atoms with Gasteiger partial charge >= 0.3 is 0 Å². The molecule has 2 aromatic rings. The van der Waals surface area contributed by atoms with E-state index < -0.39 is 0 Å². The zero-order valence-electron chi connectivity index (χ0n) is 9.30. The van der Waals surface area contributed by atoms with Crippen LogP contribution >= 0.6 is 22.7 Å². The first-order valence-electron chi connectivity index (χ1n) is 5.30. The number of rotatable bonds is 5. The molecule has 0 aromatic carbocycles. The van der Waals surface area contributed by atoms with Crippen LogP contribution in [0.1, 0.15) is 31.3 Å². The molecule has 0 aliphatic rings. The van der Waals surface area contributed by atoms with Crippen molar-refractivity contribution >= 4 is 22.7 Å². The van der Waals surface area contributed by atoms with Crippen LogP contribution in [0.4, 0.5) is 0 Å². The van der Waals surface area contributed by atoms with Gasteiger partial charge in [0, 0.05) is 6.20 Å². The van der Waals surface area contributed by atoms with Crippen molar-refractivity contribution < 1.29 is 0 Å². The van der Waals surface area contributed by atoms with E-state index in [1.165, 1.54) is 0 Å². The number of nitrogens with one attached hydrogen (secondary N) is 1. The molecule has 16 heavy (non-hydrogen) atoms. The van der Waals surface area contributed by atoms with E-state index in [0.29, 0.717) is 6.04 Å². The van der Waals surface area contributed by atoms with E-state index in [1.807, 2.05) is 11.7 Å². The van der Waals surface area contributed by atoms with Gasteiger partial charge in [-0.05, 0) is 13.0 Å². The summed E-state index contributed by atoms with van der Waals surface area (Å²) in [4.78, 5) is 5.14. The summed E-state index contributed by atoms with van der Waals surface area (Å²) in [6.45, 7) is 5.21. The van der Waals surface area contributed by atoms with Crippen LogP contribution in [0.5, 0.6) is 0 Å². The fraction of sp³-hybridized carbons (Fsp3) is 0.500. The average molecular weight is 254 g/mol. The summed E-state index contributed by atoms with van der Waals surface area (Å²) in [6.07, 6.45) is 2.87. The minimum Gasteiger partial charge on any atom is -0.308 e. The average Bonchev–Trinajstić information content (AvgIpc) is 2.95. The van der Waals surface area contributed by atoms with Crippen molar-refractivity contribution in [3.63, 3.8) is 0 Å². The molecule has 0 saturated heterocycles. The van der Waals surface area contributed by atoms with Crippen LogP contribution in [0.2, 0.25) is 0 Å². The van der Waals surface area contributed by atoms with E-state index in [4.69, 9.17) is 0 Å². The van der Waals surface area contributed by atoms with Gasteiger partial charge in [0.25, 0.3) is 0 Å². The quantitative estimate of drug-likeness (QED) is 0.891. The van der Waals surface area contributed by atoms with E-state index in [1.54, 1.807) is 22.7 Å². The molecule has 1 N–H and O–H groups in total. The van der Waals surface area contributed by atoms with Crippen LogP contribution in [0.15, 0.2) is 11.7 Å². The normalized spacial score (nSPS) is 12.9. The standard InChI is InChI=1S/C10H14N4S2/c1-3-7(12-4-2)9-13-14-10(16-9)8-5-11-6-15-8/h5-7,12H,3-4H2,1-2H3. The van der Waals surface area contributed by atoms with Gasteiger partial charge in [-0.25, -0.2) is 0 Å². The molecule has 0 fully saturated rings. The topological polar surface area (TPSA) is 50.7 Å². The largest absolute Gasteiger partial charge is 0.308 e. The number of nitrogens with zero attached hydrogens (tertiary/aromatic N) is 3. The second-order valence-corrected chi connectivity index (χ2v) is 5.23. The number of hydrogen-bond acceptors (Lipinski definition) is 6. The minimum atomic E-state index is 0.323. The summed E-state index contributed by atoms with van der Waals surface area (Å²) >= 11 is 3.25. The van der Waals surface area contributed by atoms with Crippen molar-refractivity contribution in [3.8, 4) is 9.88 Å². The predicted molar refractivity (Wildman–Crippen MR) is 67.7 cm³/mol. The van der Waals surface area contributed by atoms with Gasteiger partial charge in [0.2, 0.25) is 0 Å². The maximum Gasteiger partial charge on any atom is 0.159 e. The highest BCUT2D eigenvalue weighted by atomic mass is 32.1. The number of aromatic nitrogens is 3. The van der Waals surface area contributed by atoms with Gasteiger partial charge in [-0.15, -0.1) is 21.5 Å². The van der Waals surface area contributed by atoms with Crippen molar-refractivity contribution in [2.45, 2.75) is 26.3 Å². The highest BCUT2D eigenvalue weighted by Crippen LogP contribution is 2.29. The van der Waals surface area contributed by atoms with Crippen LogP contribution in [-0.4, -0.2) is 21.7 Å². The van der Waals surface area contributed by atoms with E-state index in [0.717, 1.165) is 27.9 Å². The molecule has 0 radical (unpaired) electrons. The molecule has 0 saturated carbocycles. The highest BCUT2D eigenvalue weighted by molar-refractivity contribution is 7.20. The molecule has 0 bridgehead atoms. The fourth-order valence-electron chi connectivity index (χ4n) is 1.45. The summed E-state index contributed by atoms with van der Waals surface area (Å²) < 4.78 is 0. The molecule has 6 heteroatoms. The third-order valence-electron chi connectivity index (χ3n) is 2.24. The SMILES string of the molecule is CCNC(CC)c1nnc(-c2cncs2)s1.